The number of sulfone groups is 1. The monoisotopic (exact) mass is 261 g/mol. The predicted octanol–water partition coefficient (Wildman–Crippen LogP) is 0.570. The van der Waals surface area contributed by atoms with Crippen LogP contribution in [-0.4, -0.2) is 39.0 Å². The summed E-state index contributed by atoms with van der Waals surface area (Å²) in [4.78, 5) is -0.0318. The van der Waals surface area contributed by atoms with Crippen molar-refractivity contribution in [1.82, 2.24) is 5.32 Å². The molecule has 6 heteroatoms. The maximum atomic E-state index is 12.9. The van der Waals surface area contributed by atoms with E-state index >= 15 is 0 Å². The summed E-state index contributed by atoms with van der Waals surface area (Å²) in [5.74, 6) is -0.734. The minimum atomic E-state index is -3.53. The molecule has 0 bridgehead atoms. The molecule has 17 heavy (non-hydrogen) atoms. The molecular weight excluding hydrogens is 245 g/mol. The molecule has 0 aliphatic heterocycles. The molecule has 0 aromatic heterocycles. The molecule has 0 aliphatic carbocycles. The van der Waals surface area contributed by atoms with Crippen molar-refractivity contribution >= 4 is 9.84 Å². The minimum Gasteiger partial charge on any atom is -0.396 e. The molecule has 1 rings (SSSR count). The first-order valence-corrected chi connectivity index (χ1v) is 6.91. The summed E-state index contributed by atoms with van der Waals surface area (Å²) in [5, 5.41) is 11.6. The van der Waals surface area contributed by atoms with E-state index in [4.69, 9.17) is 5.11 Å². The van der Waals surface area contributed by atoms with Crippen molar-refractivity contribution in [3.63, 3.8) is 0 Å². The Hall–Kier alpha value is -0.980. The highest BCUT2D eigenvalue weighted by Gasteiger charge is 2.20. The Morgan fingerprint density at radius 1 is 1.47 bits per heavy atom. The molecule has 4 nitrogen and oxygen atoms in total. The van der Waals surface area contributed by atoms with E-state index in [1.165, 1.54) is 18.2 Å². The smallest absolute Gasteiger partial charge is 0.180 e. The van der Waals surface area contributed by atoms with E-state index < -0.39 is 15.7 Å². The van der Waals surface area contributed by atoms with Gasteiger partial charge in [0, 0.05) is 12.6 Å². The third kappa shape index (κ3) is 4.07. The van der Waals surface area contributed by atoms with E-state index in [9.17, 15) is 12.8 Å². The van der Waals surface area contributed by atoms with Gasteiger partial charge in [-0.3, -0.25) is 0 Å². The van der Waals surface area contributed by atoms with E-state index in [1.807, 2.05) is 0 Å². The maximum Gasteiger partial charge on any atom is 0.180 e. The van der Waals surface area contributed by atoms with Crippen LogP contribution in [0.15, 0.2) is 29.2 Å². The van der Waals surface area contributed by atoms with E-state index in [0.29, 0.717) is 6.42 Å². The Morgan fingerprint density at radius 3 is 2.71 bits per heavy atom. The van der Waals surface area contributed by atoms with Crippen LogP contribution in [0.5, 0.6) is 0 Å². The van der Waals surface area contributed by atoms with E-state index in [2.05, 4.69) is 5.32 Å². The Bertz CT molecular complexity index is 462. The molecule has 0 fully saturated rings. The van der Waals surface area contributed by atoms with Gasteiger partial charge in [0.1, 0.15) is 5.82 Å². The molecular formula is C11H16FNO3S. The van der Waals surface area contributed by atoms with Gasteiger partial charge in [-0.05, 0) is 31.7 Å². The van der Waals surface area contributed by atoms with Crippen LogP contribution in [0.2, 0.25) is 0 Å². The van der Waals surface area contributed by atoms with Gasteiger partial charge < -0.3 is 10.4 Å². The lowest BCUT2D eigenvalue weighted by atomic mass is 10.2. The summed E-state index contributed by atoms with van der Waals surface area (Å²) in [6.07, 6.45) is 0.338. The average molecular weight is 261 g/mol. The zero-order chi connectivity index (χ0) is 12.9. The predicted molar refractivity (Wildman–Crippen MR) is 63.0 cm³/mol. The van der Waals surface area contributed by atoms with Crippen molar-refractivity contribution in [2.45, 2.75) is 17.4 Å². The van der Waals surface area contributed by atoms with Crippen LogP contribution in [0.25, 0.3) is 0 Å². The van der Waals surface area contributed by atoms with Crippen molar-refractivity contribution in [3.8, 4) is 0 Å². The molecule has 0 aliphatic rings. The van der Waals surface area contributed by atoms with Gasteiger partial charge in [-0.2, -0.15) is 0 Å². The van der Waals surface area contributed by atoms with Crippen LogP contribution in [0.3, 0.4) is 0 Å². The molecule has 1 aromatic rings. The summed E-state index contributed by atoms with van der Waals surface area (Å²) >= 11 is 0. The molecule has 0 saturated heterocycles. The maximum absolute atomic E-state index is 12.9. The summed E-state index contributed by atoms with van der Waals surface area (Å²) in [7, 11) is -1.90. The topological polar surface area (TPSA) is 66.4 Å². The third-order valence-electron chi connectivity index (χ3n) is 2.46. The highest BCUT2D eigenvalue weighted by molar-refractivity contribution is 7.91. The van der Waals surface area contributed by atoms with Crippen molar-refractivity contribution in [3.05, 3.63) is 30.1 Å². The van der Waals surface area contributed by atoms with Gasteiger partial charge in [0.15, 0.2) is 9.84 Å². The highest BCUT2D eigenvalue weighted by Crippen LogP contribution is 2.14. The molecule has 0 saturated carbocycles. The minimum absolute atomic E-state index is 0.0318. The fourth-order valence-corrected chi connectivity index (χ4v) is 3.12. The van der Waals surface area contributed by atoms with Crippen LogP contribution < -0.4 is 5.32 Å². The number of aliphatic hydroxyl groups is 1. The largest absolute Gasteiger partial charge is 0.396 e. The van der Waals surface area contributed by atoms with Crippen LogP contribution >= 0.6 is 0 Å². The summed E-state index contributed by atoms with van der Waals surface area (Å²) in [6, 6.07) is 4.59. The van der Waals surface area contributed by atoms with Gasteiger partial charge in [-0.1, -0.05) is 6.07 Å². The fraction of sp³-hybridized carbons (Fsp3) is 0.455. The number of halogens is 1. The fourth-order valence-electron chi connectivity index (χ4n) is 1.49. The number of benzene rings is 1. The first-order valence-electron chi connectivity index (χ1n) is 5.26. The van der Waals surface area contributed by atoms with Crippen molar-refractivity contribution in [2.24, 2.45) is 0 Å². The Labute approximate surface area is 100 Å². The SMILES string of the molecule is CNC(CCO)CS(=O)(=O)c1cccc(F)c1. The van der Waals surface area contributed by atoms with E-state index in [0.717, 1.165) is 6.07 Å². The van der Waals surface area contributed by atoms with Crippen molar-refractivity contribution in [1.29, 1.82) is 0 Å². The highest BCUT2D eigenvalue weighted by atomic mass is 32.2. The van der Waals surface area contributed by atoms with Gasteiger partial charge in [-0.25, -0.2) is 12.8 Å². The zero-order valence-corrected chi connectivity index (χ0v) is 10.4. The number of aliphatic hydroxyl groups excluding tert-OH is 1. The summed E-state index contributed by atoms with van der Waals surface area (Å²) in [5.41, 5.74) is 0. The lowest BCUT2D eigenvalue weighted by Gasteiger charge is -2.14. The van der Waals surface area contributed by atoms with Crippen molar-refractivity contribution < 1.29 is 17.9 Å². The zero-order valence-electron chi connectivity index (χ0n) is 9.56. The van der Waals surface area contributed by atoms with Gasteiger partial charge in [0.05, 0.1) is 10.6 Å². The molecule has 1 atom stereocenters. The molecule has 0 amide bonds. The normalized spacial score (nSPS) is 13.6. The van der Waals surface area contributed by atoms with Crippen molar-refractivity contribution in [2.75, 3.05) is 19.4 Å². The first kappa shape index (κ1) is 14.1. The number of rotatable bonds is 6. The number of nitrogens with one attached hydrogen (secondary N) is 1. The van der Waals surface area contributed by atoms with Crippen LogP contribution in [0.4, 0.5) is 4.39 Å². The molecule has 1 aromatic carbocycles. The second-order valence-electron chi connectivity index (χ2n) is 3.74. The van der Waals surface area contributed by atoms with E-state index in [-0.39, 0.29) is 23.3 Å². The lowest BCUT2D eigenvalue weighted by Crippen LogP contribution is -2.33. The molecule has 0 heterocycles. The molecule has 1 unspecified atom stereocenters. The van der Waals surface area contributed by atoms with Gasteiger partial charge in [-0.15, -0.1) is 0 Å². The third-order valence-corrected chi connectivity index (χ3v) is 4.27. The lowest BCUT2D eigenvalue weighted by molar-refractivity contribution is 0.272. The Kier molecular flexibility index (Phi) is 5.04. The Morgan fingerprint density at radius 2 is 2.18 bits per heavy atom. The standard InChI is InChI=1S/C11H16FNO3S/c1-13-10(5-6-14)8-17(15,16)11-4-2-3-9(12)7-11/h2-4,7,10,13-14H,5-6,8H2,1H3. The van der Waals surface area contributed by atoms with Crippen LogP contribution in [-0.2, 0) is 9.84 Å². The summed E-state index contributed by atoms with van der Waals surface area (Å²) in [6.45, 7) is -0.0931. The average Bonchev–Trinajstić information content (AvgIpc) is 2.28. The quantitative estimate of drug-likeness (QED) is 0.785. The molecule has 0 radical (unpaired) electrons. The first-order chi connectivity index (χ1) is 7.99. The van der Waals surface area contributed by atoms with E-state index in [1.54, 1.807) is 7.05 Å². The second-order valence-corrected chi connectivity index (χ2v) is 5.77. The number of hydrogen-bond acceptors (Lipinski definition) is 4. The summed E-state index contributed by atoms with van der Waals surface area (Å²) < 4.78 is 36.8. The van der Waals surface area contributed by atoms with Crippen LogP contribution in [0.1, 0.15) is 6.42 Å². The molecule has 2 N–H and O–H groups in total. The Balaban J connectivity index is 2.88. The second kappa shape index (κ2) is 6.09. The van der Waals surface area contributed by atoms with Gasteiger partial charge in [0.2, 0.25) is 0 Å². The van der Waals surface area contributed by atoms with Crippen LogP contribution in [0, 0.1) is 5.82 Å². The molecule has 0 spiro atoms. The van der Waals surface area contributed by atoms with Gasteiger partial charge in [0.25, 0.3) is 0 Å². The molecule has 96 valence electrons. The van der Waals surface area contributed by atoms with Gasteiger partial charge >= 0.3 is 0 Å². The number of hydrogen-bond donors (Lipinski definition) is 2.